The van der Waals surface area contributed by atoms with Gasteiger partial charge in [-0.15, -0.1) is 0 Å². The molecule has 2 saturated heterocycles. The number of hydrogen-bond donors (Lipinski definition) is 1. The first-order valence-corrected chi connectivity index (χ1v) is 8.38. The number of nitrogens with zero attached hydrogens (tertiary/aromatic N) is 2. The molecule has 0 bridgehead atoms. The van der Waals surface area contributed by atoms with E-state index >= 15 is 0 Å². The third-order valence-corrected chi connectivity index (χ3v) is 4.56. The summed E-state index contributed by atoms with van der Waals surface area (Å²) in [5.74, 6) is -0.321. The van der Waals surface area contributed by atoms with Crippen LogP contribution in [0.2, 0.25) is 0 Å². The second-order valence-corrected chi connectivity index (χ2v) is 6.15. The zero-order chi connectivity index (χ0) is 16.2. The van der Waals surface area contributed by atoms with Crippen molar-refractivity contribution in [3.8, 4) is 0 Å². The average Bonchev–Trinajstić information content (AvgIpc) is 3.08. The Kier molecular flexibility index (Phi) is 5.00. The summed E-state index contributed by atoms with van der Waals surface area (Å²) in [5.41, 5.74) is 1.35. The van der Waals surface area contributed by atoms with Gasteiger partial charge in [-0.1, -0.05) is 6.92 Å². The number of ether oxygens (including phenoxy) is 1. The Hall–Kier alpha value is -1.82. The predicted octanol–water partition coefficient (Wildman–Crippen LogP) is 3.07. The monoisotopic (exact) mass is 321 g/mol. The molecule has 1 atom stereocenters. The van der Waals surface area contributed by atoms with E-state index in [1.165, 1.54) is 12.1 Å². The molecule has 0 spiro atoms. The smallest absolute Gasteiger partial charge is 0.322 e. The molecular formula is C17H24FN3O2. The molecule has 0 radical (unpaired) electrons. The summed E-state index contributed by atoms with van der Waals surface area (Å²) >= 11 is 0. The molecule has 126 valence electrons. The van der Waals surface area contributed by atoms with Crippen LogP contribution >= 0.6 is 0 Å². The topological polar surface area (TPSA) is 44.8 Å². The van der Waals surface area contributed by atoms with Gasteiger partial charge >= 0.3 is 6.03 Å². The van der Waals surface area contributed by atoms with Crippen LogP contribution in [0.25, 0.3) is 0 Å². The molecule has 0 unspecified atom stereocenters. The van der Waals surface area contributed by atoms with Crippen molar-refractivity contribution < 1.29 is 13.9 Å². The van der Waals surface area contributed by atoms with Crippen LogP contribution in [0.15, 0.2) is 18.2 Å². The highest BCUT2D eigenvalue weighted by molar-refractivity contribution is 5.90. The maximum atomic E-state index is 13.9. The number of carbonyl (C=O) groups is 1. The van der Waals surface area contributed by atoms with Gasteiger partial charge in [-0.3, -0.25) is 0 Å². The number of amides is 2. The van der Waals surface area contributed by atoms with Crippen LogP contribution in [0.3, 0.4) is 0 Å². The van der Waals surface area contributed by atoms with Gasteiger partial charge < -0.3 is 19.9 Å². The third kappa shape index (κ3) is 3.75. The molecule has 1 N–H and O–H groups in total. The minimum absolute atomic E-state index is 0.0790. The van der Waals surface area contributed by atoms with E-state index in [4.69, 9.17) is 4.74 Å². The lowest BCUT2D eigenvalue weighted by molar-refractivity contribution is 0.0144. The van der Waals surface area contributed by atoms with Crippen LogP contribution in [-0.4, -0.2) is 49.8 Å². The van der Waals surface area contributed by atoms with Crippen LogP contribution in [0.4, 0.5) is 20.6 Å². The Labute approximate surface area is 136 Å². The van der Waals surface area contributed by atoms with Crippen LogP contribution < -0.4 is 10.2 Å². The van der Waals surface area contributed by atoms with Gasteiger partial charge in [0.05, 0.1) is 19.3 Å². The fourth-order valence-electron chi connectivity index (χ4n) is 3.26. The quantitative estimate of drug-likeness (QED) is 0.930. The second-order valence-electron chi connectivity index (χ2n) is 6.15. The molecule has 1 aromatic carbocycles. The van der Waals surface area contributed by atoms with Gasteiger partial charge in [0.25, 0.3) is 0 Å². The number of anilines is 2. The predicted molar refractivity (Wildman–Crippen MR) is 88.5 cm³/mol. The maximum absolute atomic E-state index is 13.9. The lowest BCUT2D eigenvalue weighted by Crippen LogP contribution is -2.50. The number of rotatable bonds is 3. The SMILES string of the molecule is CC[C@H]1COCCN1C(=O)Nc1cc(F)cc(N2CCCC2)c1. The number of hydrogen-bond acceptors (Lipinski definition) is 3. The summed E-state index contributed by atoms with van der Waals surface area (Å²) in [5, 5.41) is 2.85. The number of morpholine rings is 1. The molecule has 5 nitrogen and oxygen atoms in total. The third-order valence-electron chi connectivity index (χ3n) is 4.56. The van der Waals surface area contributed by atoms with Gasteiger partial charge in [0.1, 0.15) is 5.82 Å². The summed E-state index contributed by atoms with van der Waals surface area (Å²) in [6, 6.07) is 4.66. The minimum Gasteiger partial charge on any atom is -0.377 e. The number of halogens is 1. The summed E-state index contributed by atoms with van der Waals surface area (Å²) < 4.78 is 19.3. The number of urea groups is 1. The Morgan fingerprint density at radius 2 is 2.09 bits per heavy atom. The van der Waals surface area contributed by atoms with E-state index in [1.54, 1.807) is 4.90 Å². The first-order chi connectivity index (χ1) is 11.2. The number of nitrogens with one attached hydrogen (secondary N) is 1. The van der Waals surface area contributed by atoms with Crippen molar-refractivity contribution in [2.75, 3.05) is 43.1 Å². The standard InChI is InChI=1S/C17H24FN3O2/c1-2-15-12-23-8-7-21(15)17(22)19-14-9-13(18)10-16(11-14)20-5-3-4-6-20/h9-11,15H,2-8,12H2,1H3,(H,19,22)/t15-/m0/s1. The van der Waals surface area contributed by atoms with Crippen molar-refractivity contribution in [2.45, 2.75) is 32.2 Å². The lowest BCUT2D eigenvalue weighted by atomic mass is 10.2. The minimum atomic E-state index is -0.321. The van der Waals surface area contributed by atoms with Gasteiger partial charge in [-0.05, 0) is 37.5 Å². The molecule has 2 amide bonds. The summed E-state index contributed by atoms with van der Waals surface area (Å²) in [4.78, 5) is 16.4. The van der Waals surface area contributed by atoms with E-state index < -0.39 is 0 Å². The molecule has 0 saturated carbocycles. The fraction of sp³-hybridized carbons (Fsp3) is 0.588. The van der Waals surface area contributed by atoms with Crippen LogP contribution in [0.1, 0.15) is 26.2 Å². The van der Waals surface area contributed by atoms with E-state index in [-0.39, 0.29) is 17.9 Å². The van der Waals surface area contributed by atoms with Gasteiger partial charge in [-0.25, -0.2) is 9.18 Å². The van der Waals surface area contributed by atoms with Crippen molar-refractivity contribution in [3.63, 3.8) is 0 Å². The Morgan fingerprint density at radius 1 is 1.30 bits per heavy atom. The highest BCUT2D eigenvalue weighted by atomic mass is 19.1. The molecule has 0 aliphatic carbocycles. The molecule has 2 aliphatic heterocycles. The molecule has 0 aromatic heterocycles. The highest BCUT2D eigenvalue weighted by Crippen LogP contribution is 2.25. The largest absolute Gasteiger partial charge is 0.377 e. The Balaban J connectivity index is 1.72. The number of carbonyl (C=O) groups excluding carboxylic acids is 1. The Bertz CT molecular complexity index is 561. The van der Waals surface area contributed by atoms with E-state index in [1.807, 2.05) is 13.0 Å². The van der Waals surface area contributed by atoms with Crippen LogP contribution in [0, 0.1) is 5.82 Å². The summed E-state index contributed by atoms with van der Waals surface area (Å²) in [6.07, 6.45) is 3.10. The fourth-order valence-corrected chi connectivity index (χ4v) is 3.26. The molecule has 1 aromatic rings. The van der Waals surface area contributed by atoms with Crippen LogP contribution in [0.5, 0.6) is 0 Å². The first-order valence-electron chi connectivity index (χ1n) is 8.38. The van der Waals surface area contributed by atoms with Crippen LogP contribution in [-0.2, 0) is 4.74 Å². The Morgan fingerprint density at radius 3 is 2.83 bits per heavy atom. The van der Waals surface area contributed by atoms with E-state index in [0.717, 1.165) is 38.0 Å². The van der Waals surface area contributed by atoms with Gasteiger partial charge in [-0.2, -0.15) is 0 Å². The normalized spacial score (nSPS) is 21.6. The first kappa shape index (κ1) is 16.1. The van der Waals surface area contributed by atoms with E-state index in [9.17, 15) is 9.18 Å². The van der Waals surface area contributed by atoms with Crippen molar-refractivity contribution >= 4 is 17.4 Å². The van der Waals surface area contributed by atoms with Crippen molar-refractivity contribution in [1.29, 1.82) is 0 Å². The summed E-state index contributed by atoms with van der Waals surface area (Å²) in [6.45, 7) is 5.60. The highest BCUT2D eigenvalue weighted by Gasteiger charge is 2.26. The van der Waals surface area contributed by atoms with Gasteiger partial charge in [0, 0.05) is 31.0 Å². The van der Waals surface area contributed by atoms with Crippen molar-refractivity contribution in [1.82, 2.24) is 4.90 Å². The van der Waals surface area contributed by atoms with Crippen molar-refractivity contribution in [2.24, 2.45) is 0 Å². The molecule has 6 heteroatoms. The molecule has 23 heavy (non-hydrogen) atoms. The molecular weight excluding hydrogens is 297 g/mol. The average molecular weight is 321 g/mol. The zero-order valence-electron chi connectivity index (χ0n) is 13.6. The lowest BCUT2D eigenvalue weighted by Gasteiger charge is -2.35. The van der Waals surface area contributed by atoms with Gasteiger partial charge in [0.2, 0.25) is 0 Å². The molecule has 2 heterocycles. The number of benzene rings is 1. The zero-order valence-corrected chi connectivity index (χ0v) is 13.6. The molecule has 2 aliphatic rings. The van der Waals surface area contributed by atoms with Gasteiger partial charge in [0.15, 0.2) is 0 Å². The molecule has 2 fully saturated rings. The van der Waals surface area contributed by atoms with Crippen molar-refractivity contribution in [3.05, 3.63) is 24.0 Å². The molecule has 3 rings (SSSR count). The van der Waals surface area contributed by atoms with E-state index in [0.29, 0.717) is 25.4 Å². The summed E-state index contributed by atoms with van der Waals surface area (Å²) in [7, 11) is 0. The maximum Gasteiger partial charge on any atom is 0.322 e. The van der Waals surface area contributed by atoms with E-state index in [2.05, 4.69) is 10.2 Å². The second kappa shape index (κ2) is 7.17.